The van der Waals surface area contributed by atoms with E-state index < -0.39 is 30.8 Å². The van der Waals surface area contributed by atoms with Crippen molar-refractivity contribution < 1.29 is 45.4 Å². The number of rotatable bonds is 12. The van der Waals surface area contributed by atoms with Gasteiger partial charge in [0.2, 0.25) is 0 Å². The molecule has 10 heteroatoms. The molecular weight excluding hydrogens is 385 g/mol. The van der Waals surface area contributed by atoms with Gasteiger partial charge in [-0.3, -0.25) is 4.79 Å². The zero-order valence-electron chi connectivity index (χ0n) is 15.7. The Morgan fingerprint density at radius 2 is 1.07 bits per heavy atom. The molecule has 3 nitrogen and oxygen atoms in total. The first kappa shape index (κ1) is 28.2. The molecule has 0 heterocycles. The van der Waals surface area contributed by atoms with Crippen LogP contribution in [0.4, 0.5) is 30.7 Å². The number of aliphatic carboxylic acids is 1. The van der Waals surface area contributed by atoms with E-state index in [1.54, 1.807) is 6.92 Å². The van der Waals surface area contributed by atoms with Gasteiger partial charge in [-0.15, -0.1) is 0 Å². The average molecular weight is 414 g/mol. The minimum absolute atomic E-state index is 0.0349. The van der Waals surface area contributed by atoms with Crippen molar-refractivity contribution in [2.24, 2.45) is 0 Å². The maximum atomic E-state index is 13.1. The molecule has 0 rings (SSSR count). The fourth-order valence-corrected chi connectivity index (χ4v) is 1.95. The molecule has 164 valence electrons. The average Bonchev–Trinajstić information content (AvgIpc) is 2.54. The highest BCUT2D eigenvalue weighted by Gasteiger charge is 2.74. The van der Waals surface area contributed by atoms with E-state index >= 15 is 0 Å². The maximum Gasteiger partial charge on any atom is 0.458 e. The van der Waals surface area contributed by atoms with Crippen LogP contribution in [0.1, 0.15) is 78.1 Å². The zero-order chi connectivity index (χ0) is 21.6. The van der Waals surface area contributed by atoms with Gasteiger partial charge in [0.15, 0.2) is 0 Å². The molecule has 0 aromatic carbocycles. The van der Waals surface area contributed by atoms with Gasteiger partial charge in [-0.05, 0) is 6.42 Å². The van der Waals surface area contributed by atoms with Crippen LogP contribution >= 0.6 is 0 Å². The maximum absolute atomic E-state index is 13.1. The zero-order valence-corrected chi connectivity index (χ0v) is 15.7. The molecule has 0 aliphatic carbocycles. The molecule has 0 fully saturated rings. The first-order chi connectivity index (χ1) is 12.3. The lowest BCUT2D eigenvalue weighted by Gasteiger charge is -2.29. The van der Waals surface area contributed by atoms with Crippen molar-refractivity contribution in [2.75, 3.05) is 6.61 Å². The van der Waals surface area contributed by atoms with Gasteiger partial charge in [0.1, 0.15) is 0 Å². The number of carboxylic acid groups (broad SMARTS) is 1. The molecule has 0 unspecified atom stereocenters. The van der Waals surface area contributed by atoms with Crippen molar-refractivity contribution in [3.8, 4) is 0 Å². The van der Waals surface area contributed by atoms with Crippen LogP contribution in [-0.2, 0) is 9.53 Å². The van der Waals surface area contributed by atoms with Gasteiger partial charge in [-0.25, -0.2) is 0 Å². The number of unbranched alkanes of at least 4 members (excludes halogenated alkanes) is 8. The molecule has 0 aliphatic rings. The standard InChI is InChI=1S/C14H23F7O.C3H6O2/c1-2-3-4-5-6-7-8-9-10-11-22-12(15,13(16,17)18)14(19,20)21;1-2-3(4)5/h2-11H2,1H3;2H2,1H3,(H,4,5). The summed E-state index contributed by atoms with van der Waals surface area (Å²) in [4.78, 5) is 9.37. The molecule has 0 saturated heterocycles. The second kappa shape index (κ2) is 14.0. The molecule has 0 amide bonds. The molecule has 0 bridgehead atoms. The number of hydrogen-bond donors (Lipinski definition) is 1. The summed E-state index contributed by atoms with van der Waals surface area (Å²) in [5.74, 6) is -6.33. The Bertz CT molecular complexity index is 368. The summed E-state index contributed by atoms with van der Waals surface area (Å²) in [5.41, 5.74) is 0. The van der Waals surface area contributed by atoms with E-state index in [9.17, 15) is 35.5 Å². The van der Waals surface area contributed by atoms with Crippen LogP contribution < -0.4 is 0 Å². The number of carbonyl (C=O) groups is 1. The lowest BCUT2D eigenvalue weighted by Crippen LogP contribution is -2.55. The monoisotopic (exact) mass is 414 g/mol. The number of halogens is 7. The van der Waals surface area contributed by atoms with Crippen LogP contribution in [0.2, 0.25) is 0 Å². The molecule has 0 radical (unpaired) electrons. The van der Waals surface area contributed by atoms with Crippen molar-refractivity contribution in [3.63, 3.8) is 0 Å². The minimum Gasteiger partial charge on any atom is -0.481 e. The Morgan fingerprint density at radius 3 is 1.37 bits per heavy atom. The summed E-state index contributed by atoms with van der Waals surface area (Å²) in [6.45, 7) is 2.78. The van der Waals surface area contributed by atoms with E-state index in [4.69, 9.17) is 5.11 Å². The molecule has 27 heavy (non-hydrogen) atoms. The van der Waals surface area contributed by atoms with Crippen LogP contribution in [0.5, 0.6) is 0 Å². The second-order valence-electron chi connectivity index (χ2n) is 6.01. The van der Waals surface area contributed by atoms with E-state index in [2.05, 4.69) is 11.7 Å². The number of ether oxygens (including phenoxy) is 1. The van der Waals surface area contributed by atoms with Crippen molar-refractivity contribution >= 4 is 5.97 Å². The Balaban J connectivity index is 0. The molecule has 0 aromatic rings. The Labute approximate surface area is 155 Å². The van der Waals surface area contributed by atoms with Crippen LogP contribution in [0.15, 0.2) is 0 Å². The van der Waals surface area contributed by atoms with Gasteiger partial charge in [-0.1, -0.05) is 65.2 Å². The highest BCUT2D eigenvalue weighted by Crippen LogP contribution is 2.46. The lowest BCUT2D eigenvalue weighted by atomic mass is 10.1. The summed E-state index contributed by atoms with van der Waals surface area (Å²) >= 11 is 0. The van der Waals surface area contributed by atoms with Gasteiger partial charge < -0.3 is 9.84 Å². The van der Waals surface area contributed by atoms with Gasteiger partial charge in [-0.2, -0.15) is 30.7 Å². The van der Waals surface area contributed by atoms with Crippen LogP contribution in [0.25, 0.3) is 0 Å². The summed E-state index contributed by atoms with van der Waals surface area (Å²) < 4.78 is 89.5. The second-order valence-corrected chi connectivity index (χ2v) is 6.01. The predicted molar refractivity (Wildman–Crippen MR) is 87.1 cm³/mol. The van der Waals surface area contributed by atoms with Crippen molar-refractivity contribution in [1.29, 1.82) is 0 Å². The van der Waals surface area contributed by atoms with Crippen LogP contribution in [-0.4, -0.2) is 35.9 Å². The molecule has 0 spiro atoms. The number of alkyl halides is 7. The number of hydrogen-bond acceptors (Lipinski definition) is 2. The quantitative estimate of drug-likeness (QED) is 0.282. The third-order valence-corrected chi connectivity index (χ3v) is 3.58. The fourth-order valence-electron chi connectivity index (χ4n) is 1.95. The molecule has 0 saturated carbocycles. The normalized spacial score (nSPS) is 12.5. The molecule has 0 aliphatic heterocycles. The fraction of sp³-hybridized carbons (Fsp3) is 0.941. The van der Waals surface area contributed by atoms with E-state index in [0.717, 1.165) is 38.5 Å². The summed E-state index contributed by atoms with van der Waals surface area (Å²) in [7, 11) is 0. The SMILES string of the molecule is CCC(=O)O.CCCCCCCCCCCOC(F)(C(F)(F)F)C(F)(F)F. The van der Waals surface area contributed by atoms with Gasteiger partial charge in [0.05, 0.1) is 6.61 Å². The molecule has 1 N–H and O–H groups in total. The molecular formula is C17H29F7O3. The molecule has 0 atom stereocenters. The van der Waals surface area contributed by atoms with E-state index in [0.29, 0.717) is 12.8 Å². The van der Waals surface area contributed by atoms with Crippen LogP contribution in [0.3, 0.4) is 0 Å². The Hall–Kier alpha value is -1.06. The summed E-state index contributed by atoms with van der Waals surface area (Å²) in [5, 5.41) is 7.72. The third kappa shape index (κ3) is 12.9. The van der Waals surface area contributed by atoms with Crippen molar-refractivity contribution in [1.82, 2.24) is 0 Å². The van der Waals surface area contributed by atoms with Crippen molar-refractivity contribution in [2.45, 2.75) is 96.3 Å². The Kier molecular flexibility index (Phi) is 14.6. The summed E-state index contributed by atoms with van der Waals surface area (Å²) in [6, 6.07) is 0. The molecule has 0 aromatic heterocycles. The summed E-state index contributed by atoms with van der Waals surface area (Å²) in [6.07, 6.45) is -4.65. The highest BCUT2D eigenvalue weighted by molar-refractivity contribution is 5.66. The highest BCUT2D eigenvalue weighted by atomic mass is 19.4. The van der Waals surface area contributed by atoms with E-state index in [1.807, 2.05) is 0 Å². The van der Waals surface area contributed by atoms with Gasteiger partial charge in [0.25, 0.3) is 0 Å². The van der Waals surface area contributed by atoms with Crippen molar-refractivity contribution in [3.05, 3.63) is 0 Å². The Morgan fingerprint density at radius 1 is 0.741 bits per heavy atom. The first-order valence-corrected chi connectivity index (χ1v) is 9.01. The largest absolute Gasteiger partial charge is 0.481 e. The first-order valence-electron chi connectivity index (χ1n) is 9.01. The number of carboxylic acids is 1. The van der Waals surface area contributed by atoms with Gasteiger partial charge >= 0.3 is 24.2 Å². The smallest absolute Gasteiger partial charge is 0.458 e. The van der Waals surface area contributed by atoms with Crippen LogP contribution in [0, 0.1) is 0 Å². The minimum atomic E-state index is -6.13. The van der Waals surface area contributed by atoms with Gasteiger partial charge in [0, 0.05) is 6.42 Å². The van der Waals surface area contributed by atoms with E-state index in [1.165, 1.54) is 0 Å². The lowest BCUT2D eigenvalue weighted by molar-refractivity contribution is -0.430. The topological polar surface area (TPSA) is 46.5 Å². The van der Waals surface area contributed by atoms with E-state index in [-0.39, 0.29) is 12.8 Å². The third-order valence-electron chi connectivity index (χ3n) is 3.58. The predicted octanol–water partition coefficient (Wildman–Crippen LogP) is 6.81.